The predicted octanol–water partition coefficient (Wildman–Crippen LogP) is 5.61. The number of rotatable bonds is 11. The van der Waals surface area contributed by atoms with Gasteiger partial charge in [0.1, 0.15) is 12.6 Å². The molecular weight excluding hydrogens is 546 g/mol. The second kappa shape index (κ2) is 13.3. The van der Waals surface area contributed by atoms with Crippen molar-refractivity contribution in [3.8, 4) is 0 Å². The van der Waals surface area contributed by atoms with Crippen molar-refractivity contribution in [1.82, 2.24) is 10.2 Å². The van der Waals surface area contributed by atoms with Gasteiger partial charge in [0.2, 0.25) is 11.8 Å². The number of halogens is 1. The lowest BCUT2D eigenvalue weighted by molar-refractivity contribution is -0.140. The average molecular weight is 584 g/mol. The molecule has 1 N–H and O–H groups in total. The van der Waals surface area contributed by atoms with Crippen molar-refractivity contribution in [3.05, 3.63) is 95.0 Å². The highest BCUT2D eigenvalue weighted by Crippen LogP contribution is 2.31. The lowest BCUT2D eigenvalue weighted by atomic mass is 10.1. The maximum absolute atomic E-state index is 14.1. The number of sulfonamides is 1. The first-order valence-corrected chi connectivity index (χ1v) is 15.1. The fourth-order valence-electron chi connectivity index (χ4n) is 4.35. The maximum atomic E-state index is 14.1. The Morgan fingerprint density at radius 1 is 0.925 bits per heavy atom. The summed E-state index contributed by atoms with van der Waals surface area (Å²) in [5, 5.41) is 3.17. The Morgan fingerprint density at radius 2 is 1.52 bits per heavy atom. The van der Waals surface area contributed by atoms with E-state index in [1.54, 1.807) is 36.4 Å². The van der Waals surface area contributed by atoms with Crippen LogP contribution in [0.3, 0.4) is 0 Å². The summed E-state index contributed by atoms with van der Waals surface area (Å²) in [6.07, 6.45) is 0.863. The Balaban J connectivity index is 2.03. The topological polar surface area (TPSA) is 86.8 Å². The van der Waals surface area contributed by atoms with Crippen LogP contribution in [-0.4, -0.2) is 49.8 Å². The van der Waals surface area contributed by atoms with Gasteiger partial charge in [0.15, 0.2) is 0 Å². The molecule has 0 aliphatic heterocycles. The van der Waals surface area contributed by atoms with Crippen molar-refractivity contribution in [3.63, 3.8) is 0 Å². The third-order valence-corrected chi connectivity index (χ3v) is 8.47. The summed E-state index contributed by atoms with van der Waals surface area (Å²) in [6, 6.07) is 21.8. The highest BCUT2D eigenvalue weighted by Gasteiger charge is 2.35. The van der Waals surface area contributed by atoms with Gasteiger partial charge in [0.05, 0.1) is 15.6 Å². The minimum atomic E-state index is -4.17. The number of aryl methyl sites for hydroxylation is 1. The molecule has 3 aromatic rings. The van der Waals surface area contributed by atoms with E-state index in [0.717, 1.165) is 15.4 Å². The number of carbonyl (C=O) groups is 2. The van der Waals surface area contributed by atoms with Crippen molar-refractivity contribution in [2.75, 3.05) is 17.4 Å². The van der Waals surface area contributed by atoms with Gasteiger partial charge >= 0.3 is 0 Å². The Hall–Kier alpha value is -3.36. The number of benzene rings is 3. The maximum Gasteiger partial charge on any atom is 0.264 e. The van der Waals surface area contributed by atoms with Crippen molar-refractivity contribution >= 4 is 39.1 Å². The van der Waals surface area contributed by atoms with Crippen LogP contribution in [0.4, 0.5) is 5.69 Å². The lowest BCUT2D eigenvalue weighted by Crippen LogP contribution is -2.56. The number of hydrogen-bond donors (Lipinski definition) is 1. The molecule has 0 saturated carbocycles. The fourth-order valence-corrected chi connectivity index (χ4v) is 6.07. The summed E-state index contributed by atoms with van der Waals surface area (Å²) in [5.41, 5.74) is 1.59. The van der Waals surface area contributed by atoms with Crippen LogP contribution in [-0.2, 0) is 26.0 Å². The molecule has 0 aliphatic rings. The zero-order valence-corrected chi connectivity index (χ0v) is 25.3. The number of nitrogens with zero attached hydrogens (tertiary/aromatic N) is 2. The molecule has 0 radical (unpaired) electrons. The van der Waals surface area contributed by atoms with Crippen molar-refractivity contribution in [2.45, 2.75) is 63.9 Å². The van der Waals surface area contributed by atoms with Crippen LogP contribution in [0.15, 0.2) is 83.8 Å². The normalized spacial score (nSPS) is 12.4. The molecule has 0 fully saturated rings. The van der Waals surface area contributed by atoms with Crippen LogP contribution in [0.5, 0.6) is 0 Å². The van der Waals surface area contributed by atoms with E-state index in [1.165, 1.54) is 17.0 Å². The van der Waals surface area contributed by atoms with Gasteiger partial charge in [-0.25, -0.2) is 8.42 Å². The van der Waals surface area contributed by atoms with Gasteiger partial charge in [-0.2, -0.15) is 0 Å². The lowest BCUT2D eigenvalue weighted by Gasteiger charge is -2.35. The molecular formula is C31H38ClN3O4S. The summed E-state index contributed by atoms with van der Waals surface area (Å²) >= 11 is 6.46. The van der Waals surface area contributed by atoms with Gasteiger partial charge in [-0.1, -0.05) is 78.7 Å². The van der Waals surface area contributed by atoms with E-state index in [-0.39, 0.29) is 28.1 Å². The minimum absolute atomic E-state index is 0.0409. The molecule has 3 rings (SSSR count). The van der Waals surface area contributed by atoms with Crippen LogP contribution in [0.1, 0.15) is 45.2 Å². The molecule has 0 bridgehead atoms. The summed E-state index contributed by atoms with van der Waals surface area (Å²) in [7, 11) is -4.17. The van der Waals surface area contributed by atoms with Gasteiger partial charge in [-0.05, 0) is 70.4 Å². The second-order valence-corrected chi connectivity index (χ2v) is 13.0. The smallest absolute Gasteiger partial charge is 0.264 e. The Kier molecular flexibility index (Phi) is 10.4. The number of hydrogen-bond acceptors (Lipinski definition) is 4. The van der Waals surface area contributed by atoms with Crippen molar-refractivity contribution in [2.24, 2.45) is 0 Å². The molecule has 214 valence electrons. The first-order valence-electron chi connectivity index (χ1n) is 13.3. The zero-order chi connectivity index (χ0) is 29.5. The quantitative estimate of drug-likeness (QED) is 0.318. The molecule has 0 spiro atoms. The van der Waals surface area contributed by atoms with Gasteiger partial charge in [0, 0.05) is 12.1 Å². The van der Waals surface area contributed by atoms with Crippen LogP contribution >= 0.6 is 11.6 Å². The molecule has 2 amide bonds. The van der Waals surface area contributed by atoms with Crippen LogP contribution in [0, 0.1) is 6.92 Å². The fraction of sp³-hybridized carbons (Fsp3) is 0.355. The third kappa shape index (κ3) is 8.08. The monoisotopic (exact) mass is 583 g/mol. The minimum Gasteiger partial charge on any atom is -0.350 e. The van der Waals surface area contributed by atoms with Crippen molar-refractivity contribution in [1.29, 1.82) is 0 Å². The van der Waals surface area contributed by atoms with Gasteiger partial charge < -0.3 is 10.2 Å². The first-order chi connectivity index (χ1) is 18.8. The van der Waals surface area contributed by atoms with Gasteiger partial charge in [0.25, 0.3) is 10.0 Å². The number of anilines is 1. The van der Waals surface area contributed by atoms with E-state index in [0.29, 0.717) is 12.8 Å². The van der Waals surface area contributed by atoms with E-state index < -0.39 is 34.1 Å². The Labute approximate surface area is 243 Å². The number of amides is 2. The molecule has 0 unspecified atom stereocenters. The van der Waals surface area contributed by atoms with Gasteiger partial charge in [-0.15, -0.1) is 0 Å². The van der Waals surface area contributed by atoms with Crippen molar-refractivity contribution < 1.29 is 18.0 Å². The van der Waals surface area contributed by atoms with E-state index >= 15 is 0 Å². The summed E-state index contributed by atoms with van der Waals surface area (Å²) in [6.45, 7) is 9.05. The summed E-state index contributed by atoms with van der Waals surface area (Å²) < 4.78 is 28.9. The second-order valence-electron chi connectivity index (χ2n) is 10.8. The van der Waals surface area contributed by atoms with Crippen LogP contribution in [0.25, 0.3) is 0 Å². The highest BCUT2D eigenvalue weighted by atomic mass is 35.5. The standard InChI is InChI=1S/C31H38ClN3O4S/c1-6-27(30(37)33-31(3,4)5)34(21-20-24-12-8-7-9-13-24)29(36)22-35(28-15-11-10-14-26(28)32)40(38,39)25-18-16-23(2)17-19-25/h7-19,27H,6,20-22H2,1-5H3,(H,33,37)/t27-/m1/s1. The third-order valence-electron chi connectivity index (χ3n) is 6.38. The largest absolute Gasteiger partial charge is 0.350 e. The molecule has 7 nitrogen and oxygen atoms in total. The number of nitrogens with one attached hydrogen (secondary N) is 1. The molecule has 3 aromatic carbocycles. The summed E-state index contributed by atoms with van der Waals surface area (Å²) in [4.78, 5) is 28.9. The van der Waals surface area contributed by atoms with Gasteiger partial charge in [-0.3, -0.25) is 13.9 Å². The molecule has 0 aromatic heterocycles. The van der Waals surface area contributed by atoms with E-state index in [9.17, 15) is 18.0 Å². The summed E-state index contributed by atoms with van der Waals surface area (Å²) in [5.74, 6) is -0.787. The SMILES string of the molecule is CC[C@H](C(=O)NC(C)(C)C)N(CCc1ccccc1)C(=O)CN(c1ccccc1Cl)S(=O)(=O)c1ccc(C)cc1. The molecule has 0 aliphatic carbocycles. The molecule has 9 heteroatoms. The number of para-hydroxylation sites is 1. The molecule has 40 heavy (non-hydrogen) atoms. The highest BCUT2D eigenvalue weighted by molar-refractivity contribution is 7.92. The molecule has 0 heterocycles. The Morgan fingerprint density at radius 3 is 2.10 bits per heavy atom. The van der Waals surface area contributed by atoms with E-state index in [2.05, 4.69) is 5.32 Å². The molecule has 1 atom stereocenters. The zero-order valence-electron chi connectivity index (χ0n) is 23.7. The average Bonchev–Trinajstić information content (AvgIpc) is 2.89. The molecule has 0 saturated heterocycles. The van der Waals surface area contributed by atoms with Crippen LogP contribution < -0.4 is 9.62 Å². The Bertz CT molecular complexity index is 1400. The van der Waals surface area contributed by atoms with E-state index in [1.807, 2.05) is 65.0 Å². The van der Waals surface area contributed by atoms with E-state index in [4.69, 9.17) is 11.6 Å². The number of carbonyl (C=O) groups excluding carboxylic acids is 2. The predicted molar refractivity (Wildman–Crippen MR) is 161 cm³/mol. The first kappa shape index (κ1) is 31.2. The van der Waals surface area contributed by atoms with Crippen LogP contribution in [0.2, 0.25) is 5.02 Å².